The number of nitrogens with one attached hydrogen (secondary N) is 2. The number of aryl methyl sites for hydroxylation is 1. The zero-order chi connectivity index (χ0) is 24.4. The van der Waals surface area contributed by atoms with Crippen molar-refractivity contribution < 1.29 is 9.72 Å². The van der Waals surface area contributed by atoms with Gasteiger partial charge in [0.25, 0.3) is 11.6 Å². The van der Waals surface area contributed by atoms with Crippen LogP contribution in [0.3, 0.4) is 0 Å². The van der Waals surface area contributed by atoms with Crippen LogP contribution >= 0.6 is 11.8 Å². The Labute approximate surface area is 207 Å². The molecule has 1 fully saturated rings. The molecule has 1 amide bonds. The van der Waals surface area contributed by atoms with Crippen molar-refractivity contribution in [2.45, 2.75) is 25.4 Å². The molecule has 1 aromatic heterocycles. The van der Waals surface area contributed by atoms with Crippen molar-refractivity contribution in [3.63, 3.8) is 0 Å². The monoisotopic (exact) mass is 484 g/mol. The number of nitro benzene ring substituents is 1. The van der Waals surface area contributed by atoms with Gasteiger partial charge in [0, 0.05) is 47.0 Å². The number of hydrogen-bond acceptors (Lipinski definition) is 5. The average molecular weight is 485 g/mol. The number of aromatic nitrogens is 1. The Morgan fingerprint density at radius 2 is 1.89 bits per heavy atom. The molecule has 0 saturated carbocycles. The van der Waals surface area contributed by atoms with Crippen molar-refractivity contribution in [2.75, 3.05) is 5.32 Å². The smallest absolute Gasteiger partial charge is 0.269 e. The summed E-state index contributed by atoms with van der Waals surface area (Å²) in [6.07, 6.45) is 4.89. The van der Waals surface area contributed by atoms with Crippen LogP contribution in [0.15, 0.2) is 83.9 Å². The number of benzene rings is 3. The molecule has 0 spiro atoms. The second-order valence-electron chi connectivity index (χ2n) is 8.33. The van der Waals surface area contributed by atoms with Crippen LogP contribution in [0.2, 0.25) is 0 Å². The molecule has 7 nitrogen and oxygen atoms in total. The molecule has 0 aliphatic carbocycles. The number of thioether (sulfide) groups is 1. The van der Waals surface area contributed by atoms with E-state index in [1.807, 2.05) is 54.7 Å². The number of rotatable bonds is 7. The van der Waals surface area contributed by atoms with Crippen LogP contribution in [0.1, 0.15) is 23.6 Å². The summed E-state index contributed by atoms with van der Waals surface area (Å²) in [5.41, 5.74) is 4.81. The summed E-state index contributed by atoms with van der Waals surface area (Å²) in [6, 6.07) is 22.8. The molecule has 1 aliphatic rings. The molecule has 2 heterocycles. The first-order valence-corrected chi connectivity index (χ1v) is 12.2. The van der Waals surface area contributed by atoms with Gasteiger partial charge in [0.05, 0.1) is 9.83 Å². The molecule has 35 heavy (non-hydrogen) atoms. The molecular formula is C27H24N4O3S. The number of hydrogen-bond donors (Lipinski definition) is 2. The highest BCUT2D eigenvalue weighted by Gasteiger charge is 2.27. The van der Waals surface area contributed by atoms with E-state index in [4.69, 9.17) is 0 Å². The van der Waals surface area contributed by atoms with Crippen LogP contribution in [0, 0.1) is 10.1 Å². The van der Waals surface area contributed by atoms with E-state index in [0.29, 0.717) is 11.4 Å². The molecule has 1 aliphatic heterocycles. The van der Waals surface area contributed by atoms with Crippen LogP contribution in [-0.2, 0) is 17.8 Å². The minimum atomic E-state index is -0.383. The fourth-order valence-electron chi connectivity index (χ4n) is 4.18. The van der Waals surface area contributed by atoms with Crippen molar-refractivity contribution >= 4 is 46.0 Å². The molecule has 2 N–H and O–H groups in total. The number of anilines is 1. The van der Waals surface area contributed by atoms with Crippen LogP contribution in [-0.4, -0.2) is 20.9 Å². The van der Waals surface area contributed by atoms with Crippen LogP contribution in [0.5, 0.6) is 0 Å². The van der Waals surface area contributed by atoms with Gasteiger partial charge >= 0.3 is 0 Å². The molecule has 4 aromatic rings. The van der Waals surface area contributed by atoms with Gasteiger partial charge in [0.15, 0.2) is 5.50 Å². The molecule has 3 aromatic carbocycles. The highest BCUT2D eigenvalue weighted by atomic mass is 32.2. The maximum absolute atomic E-state index is 12.7. The third kappa shape index (κ3) is 4.93. The van der Waals surface area contributed by atoms with Crippen LogP contribution < -0.4 is 10.6 Å². The highest BCUT2D eigenvalue weighted by Crippen LogP contribution is 2.33. The molecular weight excluding hydrogens is 460 g/mol. The quantitative estimate of drug-likeness (QED) is 0.198. The second-order valence-corrected chi connectivity index (χ2v) is 9.48. The van der Waals surface area contributed by atoms with Gasteiger partial charge < -0.3 is 15.2 Å². The first-order valence-electron chi connectivity index (χ1n) is 11.4. The van der Waals surface area contributed by atoms with E-state index in [1.165, 1.54) is 23.4 Å². The van der Waals surface area contributed by atoms with E-state index in [-0.39, 0.29) is 22.0 Å². The molecule has 5 rings (SSSR count). The number of nitro groups is 1. The molecule has 8 heteroatoms. The van der Waals surface area contributed by atoms with Crippen molar-refractivity contribution in [1.82, 2.24) is 9.88 Å². The maximum atomic E-state index is 12.7. The van der Waals surface area contributed by atoms with Crippen LogP contribution in [0.25, 0.3) is 17.0 Å². The van der Waals surface area contributed by atoms with E-state index < -0.39 is 0 Å². The number of carbonyl (C=O) groups is 1. The number of nitrogens with zero attached hydrogens (tertiary/aromatic N) is 2. The minimum absolute atomic E-state index is 0.0724. The van der Waals surface area contributed by atoms with Crippen molar-refractivity contribution in [1.29, 1.82) is 0 Å². The molecule has 0 radical (unpaired) electrons. The Morgan fingerprint density at radius 1 is 1.09 bits per heavy atom. The van der Waals surface area contributed by atoms with Gasteiger partial charge in [-0.05, 0) is 41.8 Å². The van der Waals surface area contributed by atoms with E-state index in [9.17, 15) is 14.9 Å². The zero-order valence-corrected chi connectivity index (χ0v) is 19.9. The highest BCUT2D eigenvalue weighted by molar-refractivity contribution is 8.05. The largest absolute Gasteiger partial charge is 0.357 e. The lowest BCUT2D eigenvalue weighted by molar-refractivity contribution is -0.384. The number of para-hydroxylation sites is 1. The lowest BCUT2D eigenvalue weighted by atomic mass is 10.1. The SMILES string of the molecule is CCc1ccc(N[C@H]2NC(=O)/C(=C/c3cn(Cc4cccc([N+](=O)[O-])c4)c4ccccc34)S2)cc1. The molecule has 176 valence electrons. The average Bonchev–Trinajstić information content (AvgIpc) is 3.39. The Morgan fingerprint density at radius 3 is 2.66 bits per heavy atom. The number of carbonyl (C=O) groups excluding carboxylic acids is 1. The minimum Gasteiger partial charge on any atom is -0.357 e. The van der Waals surface area contributed by atoms with E-state index in [2.05, 4.69) is 34.3 Å². The number of non-ortho nitro benzene ring substituents is 1. The number of amides is 1. The van der Waals surface area contributed by atoms with Crippen molar-refractivity contribution in [3.8, 4) is 0 Å². The van der Waals surface area contributed by atoms with E-state index in [0.717, 1.165) is 34.1 Å². The topological polar surface area (TPSA) is 89.2 Å². The Kier molecular flexibility index (Phi) is 6.29. The fraction of sp³-hybridized carbons (Fsp3) is 0.148. The molecule has 0 bridgehead atoms. The lowest BCUT2D eigenvalue weighted by Crippen LogP contribution is -2.30. The molecule has 1 saturated heterocycles. The number of fused-ring (bicyclic) bond motifs is 1. The Hall–Kier alpha value is -4.04. The van der Waals surface area contributed by atoms with Crippen LogP contribution in [0.4, 0.5) is 11.4 Å². The predicted molar refractivity (Wildman–Crippen MR) is 141 cm³/mol. The maximum Gasteiger partial charge on any atom is 0.269 e. The normalized spacial score (nSPS) is 16.5. The third-order valence-electron chi connectivity index (χ3n) is 5.97. The molecule has 1 atom stereocenters. The summed E-state index contributed by atoms with van der Waals surface area (Å²) in [5.74, 6) is -0.117. The van der Waals surface area contributed by atoms with Gasteiger partial charge in [-0.25, -0.2) is 0 Å². The summed E-state index contributed by atoms with van der Waals surface area (Å²) < 4.78 is 2.06. The van der Waals surface area contributed by atoms with Gasteiger partial charge in [-0.2, -0.15) is 0 Å². The summed E-state index contributed by atoms with van der Waals surface area (Å²) in [4.78, 5) is 24.1. The Balaban J connectivity index is 1.39. The van der Waals surface area contributed by atoms with Gasteiger partial charge in [0.1, 0.15) is 0 Å². The van der Waals surface area contributed by atoms with Gasteiger partial charge in [-0.1, -0.05) is 61.2 Å². The standard InChI is InChI=1S/C27H24N4O3S/c1-2-18-10-12-21(13-11-18)28-27-29-26(32)25(35-27)15-20-17-30(24-9-4-3-8-23(20)24)16-19-6-5-7-22(14-19)31(33)34/h3-15,17,27-28H,2,16H2,1H3,(H,29,32)/b25-15-/t27-/m0/s1. The third-order valence-corrected chi connectivity index (χ3v) is 7.00. The lowest BCUT2D eigenvalue weighted by Gasteiger charge is -2.12. The summed E-state index contributed by atoms with van der Waals surface area (Å²) >= 11 is 1.45. The Bertz CT molecular complexity index is 1440. The first-order chi connectivity index (χ1) is 17.0. The summed E-state index contributed by atoms with van der Waals surface area (Å²) in [5, 5.41) is 18.5. The van der Waals surface area contributed by atoms with E-state index >= 15 is 0 Å². The summed E-state index contributed by atoms with van der Waals surface area (Å²) in [7, 11) is 0. The second kappa shape index (κ2) is 9.68. The zero-order valence-electron chi connectivity index (χ0n) is 19.1. The van der Waals surface area contributed by atoms with Crippen molar-refractivity contribution in [3.05, 3.63) is 111 Å². The van der Waals surface area contributed by atoms with Crippen molar-refractivity contribution in [2.24, 2.45) is 0 Å². The van der Waals surface area contributed by atoms with Gasteiger partial charge in [0.2, 0.25) is 0 Å². The van der Waals surface area contributed by atoms with Gasteiger partial charge in [-0.3, -0.25) is 14.9 Å². The predicted octanol–water partition coefficient (Wildman–Crippen LogP) is 5.76. The molecule has 0 unspecified atom stereocenters. The summed E-state index contributed by atoms with van der Waals surface area (Å²) in [6.45, 7) is 2.61. The van der Waals surface area contributed by atoms with E-state index in [1.54, 1.807) is 12.1 Å². The van der Waals surface area contributed by atoms with Gasteiger partial charge in [-0.15, -0.1) is 0 Å². The fourth-order valence-corrected chi connectivity index (χ4v) is 5.16. The first kappa shape index (κ1) is 22.7.